The van der Waals surface area contributed by atoms with Crippen LogP contribution in [0.5, 0.6) is 0 Å². The van der Waals surface area contributed by atoms with Crippen LogP contribution in [0, 0.1) is 5.92 Å². The summed E-state index contributed by atoms with van der Waals surface area (Å²) >= 11 is 5.97. The molecule has 4 rings (SSSR count). The molecule has 190 valence electrons. The molecule has 2 aromatic rings. The molecule has 2 saturated heterocycles. The van der Waals surface area contributed by atoms with Gasteiger partial charge in [-0.15, -0.1) is 0 Å². The number of nitrogens with zero attached hydrogens (tertiary/aromatic N) is 5. The van der Waals surface area contributed by atoms with Crippen LogP contribution in [-0.2, 0) is 26.6 Å². The van der Waals surface area contributed by atoms with Crippen molar-refractivity contribution in [2.45, 2.75) is 24.8 Å². The predicted octanol–water partition coefficient (Wildman–Crippen LogP) is 2.00. The highest BCUT2D eigenvalue weighted by atomic mass is 35.5. The first-order valence-electron chi connectivity index (χ1n) is 11.7. The summed E-state index contributed by atoms with van der Waals surface area (Å²) in [7, 11) is -2.40. The molecule has 1 aromatic carbocycles. The summed E-state index contributed by atoms with van der Waals surface area (Å²) < 4.78 is 34.9. The number of hydrogen-bond donors (Lipinski definition) is 0. The van der Waals surface area contributed by atoms with Crippen molar-refractivity contribution >= 4 is 39.2 Å². The van der Waals surface area contributed by atoms with Gasteiger partial charge >= 0.3 is 5.97 Å². The van der Waals surface area contributed by atoms with E-state index in [9.17, 15) is 18.0 Å². The summed E-state index contributed by atoms with van der Waals surface area (Å²) in [5.74, 6) is -1.18. The number of esters is 1. The molecule has 0 radical (unpaired) electrons. The average Bonchev–Trinajstić information content (AvgIpc) is 3.27. The molecule has 1 amide bonds. The van der Waals surface area contributed by atoms with Crippen LogP contribution in [0.2, 0.25) is 5.02 Å². The minimum absolute atomic E-state index is 0.0251. The molecule has 0 N–H and O–H groups in total. The fraction of sp³-hybridized carbons (Fsp3) is 0.522. The van der Waals surface area contributed by atoms with Crippen molar-refractivity contribution in [2.75, 3.05) is 50.8 Å². The van der Waals surface area contributed by atoms with Crippen LogP contribution in [0.15, 0.2) is 35.5 Å². The van der Waals surface area contributed by atoms with Crippen LogP contribution in [0.1, 0.15) is 30.1 Å². The van der Waals surface area contributed by atoms with Crippen molar-refractivity contribution in [3.63, 3.8) is 0 Å². The Labute approximate surface area is 210 Å². The van der Waals surface area contributed by atoms with E-state index in [1.165, 1.54) is 20.1 Å². The quantitative estimate of drug-likeness (QED) is 0.533. The van der Waals surface area contributed by atoms with Crippen molar-refractivity contribution < 1.29 is 22.7 Å². The fourth-order valence-electron chi connectivity index (χ4n) is 4.55. The van der Waals surface area contributed by atoms with E-state index in [1.54, 1.807) is 26.1 Å². The zero-order chi connectivity index (χ0) is 25.2. The largest absolute Gasteiger partial charge is 0.466 e. The summed E-state index contributed by atoms with van der Waals surface area (Å²) in [5, 5.41) is 4.56. The van der Waals surface area contributed by atoms with Crippen molar-refractivity contribution in [1.29, 1.82) is 0 Å². The summed E-state index contributed by atoms with van der Waals surface area (Å²) in [5.41, 5.74) is 0.999. The number of rotatable bonds is 6. The highest BCUT2D eigenvalue weighted by molar-refractivity contribution is 7.89. The second-order valence-corrected chi connectivity index (χ2v) is 11.0. The van der Waals surface area contributed by atoms with Crippen LogP contribution in [0.25, 0.3) is 0 Å². The molecule has 3 heterocycles. The van der Waals surface area contributed by atoms with E-state index < -0.39 is 21.8 Å². The van der Waals surface area contributed by atoms with E-state index in [2.05, 4.69) is 10.00 Å². The van der Waals surface area contributed by atoms with E-state index in [1.807, 2.05) is 12.1 Å². The number of amides is 1. The predicted molar refractivity (Wildman–Crippen MR) is 131 cm³/mol. The van der Waals surface area contributed by atoms with Gasteiger partial charge in [0.1, 0.15) is 0 Å². The van der Waals surface area contributed by atoms with Gasteiger partial charge in [0.15, 0.2) is 0 Å². The lowest BCUT2D eigenvalue weighted by Gasteiger charge is -2.35. The van der Waals surface area contributed by atoms with E-state index in [0.29, 0.717) is 37.5 Å². The third-order valence-electron chi connectivity index (χ3n) is 6.37. The lowest BCUT2D eigenvalue weighted by Crippen LogP contribution is -2.49. The molecule has 2 fully saturated rings. The number of carbonyl (C=O) groups excluding carboxylic acids is 2. The number of benzene rings is 1. The Kier molecular flexibility index (Phi) is 7.67. The minimum Gasteiger partial charge on any atom is -0.466 e. The van der Waals surface area contributed by atoms with Gasteiger partial charge in [0.2, 0.25) is 5.03 Å². The summed E-state index contributed by atoms with van der Waals surface area (Å²) in [6.45, 7) is 4.21. The number of anilines is 1. The number of halogens is 1. The number of piperazine rings is 1. The number of sulfonamides is 1. The molecule has 12 heteroatoms. The van der Waals surface area contributed by atoms with Gasteiger partial charge in [-0.05, 0) is 44.0 Å². The van der Waals surface area contributed by atoms with Gasteiger partial charge in [-0.1, -0.05) is 11.6 Å². The molecule has 35 heavy (non-hydrogen) atoms. The first-order valence-corrected chi connectivity index (χ1v) is 13.5. The van der Waals surface area contributed by atoms with Gasteiger partial charge in [-0.25, -0.2) is 8.42 Å². The van der Waals surface area contributed by atoms with Crippen molar-refractivity contribution in [2.24, 2.45) is 13.0 Å². The molecule has 0 spiro atoms. The molecule has 0 bridgehead atoms. The molecule has 1 unspecified atom stereocenters. The Morgan fingerprint density at radius 1 is 1.11 bits per heavy atom. The molecular formula is C23H30ClN5O5S. The SMILES string of the molecule is CCOC(=O)C1CCCN(C(=O)c2cn(C)nc2S(=O)(=O)N2CCN(c3ccc(Cl)cc3)CC2)C1. The zero-order valence-electron chi connectivity index (χ0n) is 19.9. The van der Waals surface area contributed by atoms with Gasteiger partial charge in [0, 0.05) is 63.2 Å². The van der Waals surface area contributed by atoms with Crippen molar-refractivity contribution in [3.8, 4) is 0 Å². The topological polar surface area (TPSA) is 105 Å². The first-order chi connectivity index (χ1) is 16.7. The highest BCUT2D eigenvalue weighted by Crippen LogP contribution is 2.26. The minimum atomic E-state index is -3.99. The number of aromatic nitrogens is 2. The van der Waals surface area contributed by atoms with Crippen molar-refractivity contribution in [1.82, 2.24) is 19.0 Å². The maximum absolute atomic E-state index is 13.5. The normalized spacial score (nSPS) is 19.6. The van der Waals surface area contributed by atoms with Crippen LogP contribution in [-0.4, -0.2) is 85.2 Å². The van der Waals surface area contributed by atoms with E-state index in [4.69, 9.17) is 16.3 Å². The number of aryl methyl sites for hydroxylation is 1. The van der Waals surface area contributed by atoms with E-state index in [0.717, 1.165) is 5.69 Å². The Morgan fingerprint density at radius 2 is 1.80 bits per heavy atom. The molecule has 2 aliphatic heterocycles. The third kappa shape index (κ3) is 5.46. The summed E-state index contributed by atoms with van der Waals surface area (Å²) in [4.78, 5) is 29.2. The lowest BCUT2D eigenvalue weighted by atomic mass is 9.98. The summed E-state index contributed by atoms with van der Waals surface area (Å²) in [6, 6.07) is 7.42. The maximum atomic E-state index is 13.5. The lowest BCUT2D eigenvalue weighted by molar-refractivity contribution is -0.149. The van der Waals surface area contributed by atoms with Gasteiger partial charge < -0.3 is 14.5 Å². The number of piperidine rings is 1. The Hall–Kier alpha value is -2.63. The molecule has 0 saturated carbocycles. The highest BCUT2D eigenvalue weighted by Gasteiger charge is 2.37. The molecular weight excluding hydrogens is 494 g/mol. The third-order valence-corrected chi connectivity index (χ3v) is 8.46. The summed E-state index contributed by atoms with van der Waals surface area (Å²) in [6.07, 6.45) is 2.72. The molecule has 1 atom stereocenters. The van der Waals surface area contributed by atoms with E-state index >= 15 is 0 Å². The standard InChI is InChI=1S/C23H30ClN5O5S/c1-3-34-23(31)17-5-4-10-28(15-17)22(30)20-16-26(2)25-21(20)35(32,33)29-13-11-27(12-14-29)19-8-6-18(24)7-9-19/h6-9,16-17H,3-5,10-15H2,1-2H3. The molecule has 0 aliphatic carbocycles. The second kappa shape index (κ2) is 10.5. The molecule has 10 nitrogen and oxygen atoms in total. The first kappa shape index (κ1) is 25.5. The van der Waals surface area contributed by atoms with Gasteiger partial charge in [0.25, 0.3) is 15.9 Å². The molecule has 2 aliphatic rings. The Balaban J connectivity index is 1.49. The Morgan fingerprint density at radius 3 is 2.46 bits per heavy atom. The number of likely N-dealkylation sites (tertiary alicyclic amines) is 1. The average molecular weight is 524 g/mol. The van der Waals surface area contributed by atoms with Crippen LogP contribution in [0.4, 0.5) is 5.69 Å². The fourth-order valence-corrected chi connectivity index (χ4v) is 6.22. The Bertz CT molecular complexity index is 1180. The van der Waals surface area contributed by atoms with Crippen molar-refractivity contribution in [3.05, 3.63) is 41.0 Å². The van der Waals surface area contributed by atoms with Gasteiger partial charge in [-0.2, -0.15) is 9.40 Å². The second-order valence-electron chi connectivity index (χ2n) is 8.73. The number of hydrogen-bond acceptors (Lipinski definition) is 7. The monoisotopic (exact) mass is 523 g/mol. The van der Waals surface area contributed by atoms with Crippen LogP contribution in [0.3, 0.4) is 0 Å². The number of carbonyl (C=O) groups is 2. The van der Waals surface area contributed by atoms with Gasteiger partial charge in [0.05, 0.1) is 18.1 Å². The van der Waals surface area contributed by atoms with Gasteiger partial charge in [-0.3, -0.25) is 14.3 Å². The van der Waals surface area contributed by atoms with Crippen LogP contribution >= 0.6 is 11.6 Å². The zero-order valence-corrected chi connectivity index (χ0v) is 21.5. The van der Waals surface area contributed by atoms with Crippen LogP contribution < -0.4 is 4.90 Å². The smallest absolute Gasteiger partial charge is 0.310 e. The number of ether oxygens (including phenoxy) is 1. The van der Waals surface area contributed by atoms with E-state index in [-0.39, 0.29) is 42.8 Å². The maximum Gasteiger partial charge on any atom is 0.310 e. The molecule has 1 aromatic heterocycles.